The van der Waals surface area contributed by atoms with E-state index in [1.165, 1.54) is 10.7 Å². The number of benzene rings is 2. The van der Waals surface area contributed by atoms with Crippen molar-refractivity contribution in [3.63, 3.8) is 0 Å². The van der Waals surface area contributed by atoms with Gasteiger partial charge in [-0.15, -0.1) is 0 Å². The van der Waals surface area contributed by atoms with E-state index in [1.807, 2.05) is 0 Å². The van der Waals surface area contributed by atoms with Crippen molar-refractivity contribution in [1.82, 2.24) is 14.7 Å². The predicted molar refractivity (Wildman–Crippen MR) is 114 cm³/mol. The molecule has 0 unspecified atom stereocenters. The molecule has 0 saturated heterocycles. The maximum atomic E-state index is 14.1. The van der Waals surface area contributed by atoms with Crippen LogP contribution in [0.2, 0.25) is 5.02 Å². The van der Waals surface area contributed by atoms with Crippen LogP contribution in [0, 0.1) is 12.7 Å². The van der Waals surface area contributed by atoms with Crippen molar-refractivity contribution >= 4 is 34.9 Å². The Morgan fingerprint density at radius 1 is 1.07 bits per heavy atom. The Hall–Kier alpha value is -3.23. The zero-order valence-electron chi connectivity index (χ0n) is 16.5. The number of carbonyl (C=O) groups excluding carboxylic acids is 2. The van der Waals surface area contributed by atoms with E-state index in [0.717, 1.165) is 0 Å². The SMILES string of the molecule is Cc1cc(NC(=O)CN(C)CC(=O)Nc2cccc(Cl)c2)n(-c2ccccc2F)n1. The van der Waals surface area contributed by atoms with E-state index in [2.05, 4.69) is 15.7 Å². The molecule has 2 aromatic carbocycles. The van der Waals surface area contributed by atoms with Gasteiger partial charge in [-0.1, -0.05) is 29.8 Å². The maximum Gasteiger partial charge on any atom is 0.239 e. The van der Waals surface area contributed by atoms with Gasteiger partial charge < -0.3 is 10.6 Å². The number of hydrogen-bond donors (Lipinski definition) is 2. The van der Waals surface area contributed by atoms with Gasteiger partial charge in [0, 0.05) is 16.8 Å². The monoisotopic (exact) mass is 429 g/mol. The zero-order chi connectivity index (χ0) is 21.7. The Labute approximate surface area is 178 Å². The van der Waals surface area contributed by atoms with Crippen molar-refractivity contribution in [3.05, 3.63) is 71.1 Å². The van der Waals surface area contributed by atoms with Gasteiger partial charge in [-0.05, 0) is 44.3 Å². The van der Waals surface area contributed by atoms with E-state index >= 15 is 0 Å². The molecule has 0 atom stereocenters. The first-order valence-electron chi connectivity index (χ1n) is 9.17. The number of nitrogens with one attached hydrogen (secondary N) is 2. The van der Waals surface area contributed by atoms with E-state index in [1.54, 1.807) is 67.4 Å². The highest BCUT2D eigenvalue weighted by Crippen LogP contribution is 2.19. The average Bonchev–Trinajstić information content (AvgIpc) is 3.01. The predicted octanol–water partition coefficient (Wildman–Crippen LogP) is 3.48. The summed E-state index contributed by atoms with van der Waals surface area (Å²) >= 11 is 5.90. The van der Waals surface area contributed by atoms with Crippen LogP contribution in [-0.4, -0.2) is 46.6 Å². The number of aromatic nitrogens is 2. The van der Waals surface area contributed by atoms with Gasteiger partial charge in [-0.2, -0.15) is 5.10 Å². The molecule has 0 saturated carbocycles. The Morgan fingerprint density at radius 3 is 2.47 bits per heavy atom. The third kappa shape index (κ3) is 5.65. The number of para-hydroxylation sites is 1. The van der Waals surface area contributed by atoms with E-state index in [4.69, 9.17) is 11.6 Å². The summed E-state index contributed by atoms with van der Waals surface area (Å²) in [4.78, 5) is 26.2. The van der Waals surface area contributed by atoms with Gasteiger partial charge in [0.15, 0.2) is 0 Å². The fourth-order valence-corrected chi connectivity index (χ4v) is 3.08. The second kappa shape index (κ2) is 9.51. The zero-order valence-corrected chi connectivity index (χ0v) is 17.3. The molecule has 3 aromatic rings. The molecule has 0 aliphatic rings. The van der Waals surface area contributed by atoms with E-state index in [9.17, 15) is 14.0 Å². The minimum atomic E-state index is -0.453. The highest BCUT2D eigenvalue weighted by molar-refractivity contribution is 6.30. The van der Waals surface area contributed by atoms with Crippen LogP contribution >= 0.6 is 11.6 Å². The van der Waals surface area contributed by atoms with Crippen molar-refractivity contribution in [2.45, 2.75) is 6.92 Å². The molecule has 1 aromatic heterocycles. The van der Waals surface area contributed by atoms with E-state index < -0.39 is 5.82 Å². The van der Waals surface area contributed by atoms with Crippen LogP contribution in [0.1, 0.15) is 5.69 Å². The van der Waals surface area contributed by atoms with Gasteiger partial charge in [0.25, 0.3) is 0 Å². The smallest absolute Gasteiger partial charge is 0.239 e. The molecule has 9 heteroatoms. The molecule has 7 nitrogen and oxygen atoms in total. The summed E-state index contributed by atoms with van der Waals surface area (Å²) in [5, 5.41) is 10.2. The van der Waals surface area contributed by atoms with Gasteiger partial charge in [-0.25, -0.2) is 9.07 Å². The number of halogens is 2. The summed E-state index contributed by atoms with van der Waals surface area (Å²) in [5.41, 5.74) is 1.44. The molecule has 3 rings (SSSR count). The van der Waals surface area contributed by atoms with Gasteiger partial charge in [0.1, 0.15) is 17.3 Å². The number of rotatable bonds is 7. The van der Waals surface area contributed by atoms with Crippen LogP contribution in [0.5, 0.6) is 0 Å². The van der Waals surface area contributed by atoms with E-state index in [-0.39, 0.29) is 30.6 Å². The fraction of sp³-hybridized carbons (Fsp3) is 0.190. The lowest BCUT2D eigenvalue weighted by atomic mass is 10.3. The lowest BCUT2D eigenvalue weighted by Crippen LogP contribution is -2.36. The van der Waals surface area contributed by atoms with Crippen molar-refractivity contribution < 1.29 is 14.0 Å². The largest absolute Gasteiger partial charge is 0.325 e. The van der Waals surface area contributed by atoms with Crippen LogP contribution in [-0.2, 0) is 9.59 Å². The Balaban J connectivity index is 1.59. The maximum absolute atomic E-state index is 14.1. The summed E-state index contributed by atoms with van der Waals surface area (Å²) < 4.78 is 15.5. The van der Waals surface area contributed by atoms with Crippen molar-refractivity contribution in [3.8, 4) is 5.69 Å². The van der Waals surface area contributed by atoms with Crippen molar-refractivity contribution in [2.24, 2.45) is 0 Å². The highest BCUT2D eigenvalue weighted by Gasteiger charge is 2.16. The van der Waals surface area contributed by atoms with Crippen LogP contribution in [0.4, 0.5) is 15.9 Å². The Bertz CT molecular complexity index is 1070. The highest BCUT2D eigenvalue weighted by atomic mass is 35.5. The molecule has 2 N–H and O–H groups in total. The van der Waals surface area contributed by atoms with E-state index in [0.29, 0.717) is 22.2 Å². The summed E-state index contributed by atoms with van der Waals surface area (Å²) in [6, 6.07) is 14.6. The quantitative estimate of drug-likeness (QED) is 0.602. The van der Waals surface area contributed by atoms with Crippen LogP contribution < -0.4 is 10.6 Å². The minimum Gasteiger partial charge on any atom is -0.325 e. The Morgan fingerprint density at radius 2 is 1.77 bits per heavy atom. The molecule has 2 amide bonds. The van der Waals surface area contributed by atoms with Gasteiger partial charge >= 0.3 is 0 Å². The topological polar surface area (TPSA) is 79.3 Å². The number of amides is 2. The molecule has 0 spiro atoms. The lowest BCUT2D eigenvalue weighted by Gasteiger charge is -2.16. The summed E-state index contributed by atoms with van der Waals surface area (Å²) in [6.07, 6.45) is 0. The molecule has 0 aliphatic carbocycles. The number of anilines is 2. The molecule has 156 valence electrons. The first-order valence-corrected chi connectivity index (χ1v) is 9.55. The molecular formula is C21H21ClFN5O2. The molecule has 0 fully saturated rings. The molecule has 1 heterocycles. The lowest BCUT2D eigenvalue weighted by molar-refractivity contribution is -0.119. The number of nitrogens with zero attached hydrogens (tertiary/aromatic N) is 3. The first-order chi connectivity index (χ1) is 14.3. The third-order valence-electron chi connectivity index (χ3n) is 4.12. The molecule has 30 heavy (non-hydrogen) atoms. The summed E-state index contributed by atoms with van der Waals surface area (Å²) in [7, 11) is 1.65. The molecule has 0 bridgehead atoms. The fourth-order valence-electron chi connectivity index (χ4n) is 2.89. The van der Waals surface area contributed by atoms with Crippen molar-refractivity contribution in [2.75, 3.05) is 30.8 Å². The second-order valence-electron chi connectivity index (χ2n) is 6.81. The number of aryl methyl sites for hydroxylation is 1. The molecule has 0 aliphatic heterocycles. The first kappa shape index (κ1) is 21.5. The van der Waals surface area contributed by atoms with Gasteiger partial charge in [0.2, 0.25) is 11.8 Å². The van der Waals surface area contributed by atoms with Crippen LogP contribution in [0.3, 0.4) is 0 Å². The standard InChI is InChI=1S/C21H21ClFN5O2/c1-14-10-19(28(26-14)18-9-4-3-8-17(18)23)25-21(30)13-27(2)12-20(29)24-16-7-5-6-15(22)11-16/h3-11H,12-13H2,1-2H3,(H,24,29)(H,25,30). The Kier molecular flexibility index (Phi) is 6.81. The van der Waals surface area contributed by atoms with Crippen molar-refractivity contribution in [1.29, 1.82) is 0 Å². The average molecular weight is 430 g/mol. The molecule has 0 radical (unpaired) electrons. The number of likely N-dealkylation sites (N-methyl/N-ethyl adjacent to an activating group) is 1. The summed E-state index contributed by atoms with van der Waals surface area (Å²) in [6.45, 7) is 1.72. The van der Waals surface area contributed by atoms with Gasteiger partial charge in [-0.3, -0.25) is 14.5 Å². The second-order valence-corrected chi connectivity index (χ2v) is 7.25. The van der Waals surface area contributed by atoms with Crippen LogP contribution in [0.15, 0.2) is 54.6 Å². The molecular weight excluding hydrogens is 409 g/mol. The normalized spacial score (nSPS) is 10.8. The third-order valence-corrected chi connectivity index (χ3v) is 4.35. The van der Waals surface area contributed by atoms with Gasteiger partial charge in [0.05, 0.1) is 18.8 Å². The summed E-state index contributed by atoms with van der Waals surface area (Å²) in [5.74, 6) is -0.740. The van der Waals surface area contributed by atoms with Crippen LogP contribution in [0.25, 0.3) is 5.69 Å². The number of hydrogen-bond acceptors (Lipinski definition) is 4. The minimum absolute atomic E-state index is 0.00549. The number of carbonyl (C=O) groups is 2.